The third-order valence-electron chi connectivity index (χ3n) is 4.74. The highest BCUT2D eigenvalue weighted by atomic mass is 32.1. The topological polar surface area (TPSA) is 33.6 Å². The summed E-state index contributed by atoms with van der Waals surface area (Å²) in [5.74, 6) is 1.70. The maximum atomic E-state index is 5.48. The van der Waals surface area contributed by atoms with E-state index in [0.29, 0.717) is 0 Å². The lowest BCUT2D eigenvalue weighted by Gasteiger charge is -2.28. The van der Waals surface area contributed by atoms with Crippen LogP contribution in [0.25, 0.3) is 11.2 Å². The van der Waals surface area contributed by atoms with Crippen molar-refractivity contribution in [3.8, 4) is 0 Å². The highest BCUT2D eigenvalue weighted by Crippen LogP contribution is 2.32. The molecule has 2 aromatic heterocycles. The Morgan fingerprint density at radius 2 is 1.95 bits per heavy atom. The minimum atomic E-state index is 0.755. The number of H-pyrrole nitrogens is 1. The van der Waals surface area contributed by atoms with Crippen molar-refractivity contribution in [1.29, 1.82) is 0 Å². The number of rotatable bonds is 3. The van der Waals surface area contributed by atoms with E-state index in [4.69, 9.17) is 12.2 Å². The number of hydrogen-bond donors (Lipinski definition) is 1. The Labute approximate surface area is 125 Å². The molecule has 108 valence electrons. The second kappa shape index (κ2) is 5.68. The summed E-state index contributed by atoms with van der Waals surface area (Å²) < 4.78 is 3.02. The summed E-state index contributed by atoms with van der Waals surface area (Å²) in [6, 6.07) is 4.11. The third-order valence-corrected chi connectivity index (χ3v) is 5.06. The molecule has 3 nitrogen and oxygen atoms in total. The van der Waals surface area contributed by atoms with Crippen LogP contribution in [0.15, 0.2) is 12.1 Å². The number of nitrogens with zero attached hydrogens (tertiary/aromatic N) is 2. The van der Waals surface area contributed by atoms with Crippen LogP contribution in [0.2, 0.25) is 0 Å². The van der Waals surface area contributed by atoms with Crippen molar-refractivity contribution < 1.29 is 0 Å². The zero-order chi connectivity index (χ0) is 14.1. The molecule has 0 radical (unpaired) electrons. The van der Waals surface area contributed by atoms with Gasteiger partial charge in [0, 0.05) is 12.2 Å². The van der Waals surface area contributed by atoms with Crippen LogP contribution in [-0.2, 0) is 6.54 Å². The largest absolute Gasteiger partial charge is 0.329 e. The van der Waals surface area contributed by atoms with Crippen molar-refractivity contribution >= 4 is 23.4 Å². The van der Waals surface area contributed by atoms with Gasteiger partial charge in [0.05, 0.1) is 5.52 Å². The minimum Gasteiger partial charge on any atom is -0.329 e. The van der Waals surface area contributed by atoms with Gasteiger partial charge in [-0.05, 0) is 56.0 Å². The molecule has 0 spiro atoms. The number of aromatic amines is 1. The Morgan fingerprint density at radius 3 is 2.65 bits per heavy atom. The van der Waals surface area contributed by atoms with Crippen LogP contribution < -0.4 is 0 Å². The Balaban J connectivity index is 1.82. The molecule has 0 aliphatic heterocycles. The van der Waals surface area contributed by atoms with Crippen molar-refractivity contribution in [1.82, 2.24) is 14.5 Å². The molecular weight excluding hydrogens is 266 g/mol. The lowest BCUT2D eigenvalue weighted by Crippen LogP contribution is -2.19. The highest BCUT2D eigenvalue weighted by molar-refractivity contribution is 7.71. The van der Waals surface area contributed by atoms with Gasteiger partial charge < -0.3 is 9.55 Å². The number of nitrogens with one attached hydrogen (secondary N) is 1. The summed E-state index contributed by atoms with van der Waals surface area (Å²) in [4.78, 5) is 7.94. The smallest absolute Gasteiger partial charge is 0.179 e. The van der Waals surface area contributed by atoms with Crippen molar-refractivity contribution in [3.63, 3.8) is 0 Å². The van der Waals surface area contributed by atoms with E-state index in [1.54, 1.807) is 0 Å². The molecule has 4 heteroatoms. The van der Waals surface area contributed by atoms with Gasteiger partial charge in [-0.3, -0.25) is 0 Å². The molecule has 2 aromatic rings. The molecule has 1 N–H and O–H groups in total. The number of fused-ring (bicyclic) bond motifs is 1. The molecule has 1 fully saturated rings. The first-order valence-corrected chi connectivity index (χ1v) is 8.14. The average molecular weight is 289 g/mol. The maximum Gasteiger partial charge on any atom is 0.179 e. The van der Waals surface area contributed by atoms with Crippen molar-refractivity contribution in [2.24, 2.45) is 11.8 Å². The van der Waals surface area contributed by atoms with E-state index < -0.39 is 0 Å². The Hall–Kier alpha value is -1.16. The van der Waals surface area contributed by atoms with Crippen molar-refractivity contribution in [2.75, 3.05) is 0 Å². The average Bonchev–Trinajstić information content (AvgIpc) is 2.76. The van der Waals surface area contributed by atoms with E-state index in [0.717, 1.165) is 40.0 Å². The van der Waals surface area contributed by atoms with E-state index >= 15 is 0 Å². The van der Waals surface area contributed by atoms with Crippen LogP contribution in [0.1, 0.15) is 44.7 Å². The van der Waals surface area contributed by atoms with Gasteiger partial charge in [0.2, 0.25) is 0 Å². The molecule has 0 aromatic carbocycles. The van der Waals surface area contributed by atoms with Gasteiger partial charge in [0.15, 0.2) is 10.4 Å². The van der Waals surface area contributed by atoms with Crippen molar-refractivity contribution in [2.45, 2.75) is 52.5 Å². The van der Waals surface area contributed by atoms with Crippen molar-refractivity contribution in [3.05, 3.63) is 22.6 Å². The zero-order valence-electron chi connectivity index (χ0n) is 12.4. The Bertz CT molecular complexity index is 647. The Morgan fingerprint density at radius 1 is 1.25 bits per heavy atom. The van der Waals surface area contributed by atoms with E-state index in [1.165, 1.54) is 32.1 Å². The summed E-state index contributed by atoms with van der Waals surface area (Å²) in [6.45, 7) is 5.37. The van der Waals surface area contributed by atoms with E-state index in [-0.39, 0.29) is 0 Å². The standard InChI is InChI=1S/C16H23N3S/c1-3-12-5-7-13(8-6-12)10-19-15-14(18-16(19)20)9-4-11(2)17-15/h4,9,12-13H,3,5-8,10H2,1-2H3,(H,18,20). The van der Waals surface area contributed by atoms with E-state index in [9.17, 15) is 0 Å². The second-order valence-electron chi connectivity index (χ2n) is 6.16. The summed E-state index contributed by atoms with van der Waals surface area (Å²) in [6.07, 6.45) is 6.75. The molecule has 0 bridgehead atoms. The third kappa shape index (κ3) is 2.66. The van der Waals surface area contributed by atoms with Gasteiger partial charge in [-0.1, -0.05) is 26.2 Å². The second-order valence-corrected chi connectivity index (χ2v) is 6.55. The summed E-state index contributed by atoms with van der Waals surface area (Å²) in [5, 5.41) is 0. The van der Waals surface area contributed by atoms with Crippen LogP contribution >= 0.6 is 12.2 Å². The minimum absolute atomic E-state index is 0.755. The molecule has 2 heterocycles. The van der Waals surface area contributed by atoms with Gasteiger partial charge >= 0.3 is 0 Å². The quantitative estimate of drug-likeness (QED) is 0.837. The number of aromatic nitrogens is 3. The number of hydrogen-bond acceptors (Lipinski definition) is 2. The molecule has 20 heavy (non-hydrogen) atoms. The Kier molecular flexibility index (Phi) is 3.92. The van der Waals surface area contributed by atoms with E-state index in [1.807, 2.05) is 13.0 Å². The first kappa shape index (κ1) is 13.8. The monoisotopic (exact) mass is 289 g/mol. The van der Waals surface area contributed by atoms with Gasteiger partial charge in [-0.25, -0.2) is 4.98 Å². The number of pyridine rings is 1. The fraction of sp³-hybridized carbons (Fsp3) is 0.625. The first-order chi connectivity index (χ1) is 9.67. The normalized spacial score (nSPS) is 23.3. The van der Waals surface area contributed by atoms with Crippen LogP contribution in [-0.4, -0.2) is 14.5 Å². The first-order valence-electron chi connectivity index (χ1n) is 7.73. The molecule has 1 saturated carbocycles. The van der Waals surface area contributed by atoms with Crippen LogP contribution in [0, 0.1) is 23.5 Å². The molecule has 0 amide bonds. The summed E-state index contributed by atoms with van der Waals surface area (Å²) in [5.41, 5.74) is 3.13. The molecular formula is C16H23N3S. The molecule has 0 unspecified atom stereocenters. The fourth-order valence-electron chi connectivity index (χ4n) is 3.38. The van der Waals surface area contributed by atoms with Crippen LogP contribution in [0.3, 0.4) is 0 Å². The highest BCUT2D eigenvalue weighted by Gasteiger charge is 2.21. The molecule has 0 saturated heterocycles. The molecule has 1 aliphatic rings. The molecule has 0 atom stereocenters. The van der Waals surface area contributed by atoms with Crippen LogP contribution in [0.5, 0.6) is 0 Å². The van der Waals surface area contributed by atoms with Gasteiger partial charge in [-0.2, -0.15) is 0 Å². The van der Waals surface area contributed by atoms with Gasteiger partial charge in [0.25, 0.3) is 0 Å². The van der Waals surface area contributed by atoms with Crippen LogP contribution in [0.4, 0.5) is 0 Å². The fourth-order valence-corrected chi connectivity index (χ4v) is 3.65. The predicted octanol–water partition coefficient (Wildman–Crippen LogP) is 4.62. The lowest BCUT2D eigenvalue weighted by molar-refractivity contribution is 0.248. The lowest BCUT2D eigenvalue weighted by atomic mass is 9.81. The van der Waals surface area contributed by atoms with Gasteiger partial charge in [0.1, 0.15) is 0 Å². The number of aryl methyl sites for hydroxylation is 1. The molecule has 3 rings (SSSR count). The zero-order valence-corrected chi connectivity index (χ0v) is 13.2. The summed E-state index contributed by atoms with van der Waals surface area (Å²) >= 11 is 5.48. The summed E-state index contributed by atoms with van der Waals surface area (Å²) in [7, 11) is 0. The van der Waals surface area contributed by atoms with Gasteiger partial charge in [-0.15, -0.1) is 0 Å². The van der Waals surface area contributed by atoms with E-state index in [2.05, 4.69) is 27.5 Å². The SMILES string of the molecule is CCC1CCC(Cn2c(=S)[nH]c3ccc(C)nc32)CC1. The number of imidazole rings is 1. The predicted molar refractivity (Wildman–Crippen MR) is 85.4 cm³/mol. The maximum absolute atomic E-state index is 5.48. The molecule has 1 aliphatic carbocycles.